The fourth-order valence-electron chi connectivity index (χ4n) is 2.42. The summed E-state index contributed by atoms with van der Waals surface area (Å²) in [4.78, 5) is 12.5. The number of ether oxygens (including phenoxy) is 1. The van der Waals surface area contributed by atoms with E-state index in [1.165, 1.54) is 0 Å². The fraction of sp³-hybridized carbons (Fsp3) is 0.857. The molecule has 1 atom stereocenters. The molecule has 0 spiro atoms. The van der Waals surface area contributed by atoms with Gasteiger partial charge in [0.2, 0.25) is 5.91 Å². The average Bonchev–Trinajstić information content (AvgIpc) is 2.43. The number of rotatable bonds is 10. The molecule has 6 heteroatoms. The monoisotopic (exact) mass is 287 g/mol. The van der Waals surface area contributed by atoms with Gasteiger partial charge in [0.05, 0.1) is 6.10 Å². The number of amidine groups is 1. The van der Waals surface area contributed by atoms with Crippen molar-refractivity contribution in [2.75, 3.05) is 13.2 Å². The zero-order valence-corrected chi connectivity index (χ0v) is 13.1. The zero-order chi connectivity index (χ0) is 15.6. The Bertz CT molecular complexity index is 313. The van der Waals surface area contributed by atoms with E-state index in [1.807, 2.05) is 27.7 Å². The van der Waals surface area contributed by atoms with Gasteiger partial charge in [0.25, 0.3) is 0 Å². The van der Waals surface area contributed by atoms with Crippen molar-refractivity contribution in [1.29, 1.82) is 0 Å². The molecule has 0 radical (unpaired) electrons. The molecule has 0 aliphatic heterocycles. The number of nitrogens with one attached hydrogen (secondary N) is 1. The first kappa shape index (κ1) is 18.7. The fourth-order valence-corrected chi connectivity index (χ4v) is 2.42. The van der Waals surface area contributed by atoms with E-state index in [-0.39, 0.29) is 17.8 Å². The number of amides is 1. The van der Waals surface area contributed by atoms with Gasteiger partial charge in [0, 0.05) is 13.2 Å². The number of nitrogens with zero attached hydrogens (tertiary/aromatic N) is 1. The van der Waals surface area contributed by atoms with Crippen molar-refractivity contribution in [2.45, 2.75) is 59.5 Å². The molecule has 0 bridgehead atoms. The lowest BCUT2D eigenvalue weighted by Crippen LogP contribution is -2.51. The van der Waals surface area contributed by atoms with Crippen LogP contribution < -0.4 is 11.1 Å². The molecule has 20 heavy (non-hydrogen) atoms. The Morgan fingerprint density at radius 1 is 1.35 bits per heavy atom. The van der Waals surface area contributed by atoms with Crippen LogP contribution in [0, 0.1) is 5.41 Å². The molecule has 0 saturated carbocycles. The Morgan fingerprint density at radius 2 is 1.90 bits per heavy atom. The van der Waals surface area contributed by atoms with E-state index in [0.29, 0.717) is 26.0 Å². The standard InChI is InChI=1S/C14H29N3O3/c1-5-8-14(9-6-2,12(15)17-19)13(18)16-10-11(4)20-7-3/h11,19H,5-10H2,1-4H3,(H2,15,17)(H,16,18). The molecule has 1 unspecified atom stereocenters. The molecule has 0 heterocycles. The molecular formula is C14H29N3O3. The highest BCUT2D eigenvalue weighted by atomic mass is 16.5. The van der Waals surface area contributed by atoms with Crippen LogP contribution in [0.3, 0.4) is 0 Å². The first-order chi connectivity index (χ1) is 9.48. The Balaban J connectivity index is 4.96. The van der Waals surface area contributed by atoms with Crippen molar-refractivity contribution in [3.63, 3.8) is 0 Å². The van der Waals surface area contributed by atoms with Gasteiger partial charge in [-0.1, -0.05) is 31.8 Å². The zero-order valence-electron chi connectivity index (χ0n) is 13.1. The van der Waals surface area contributed by atoms with Gasteiger partial charge in [-0.2, -0.15) is 0 Å². The van der Waals surface area contributed by atoms with Gasteiger partial charge in [0.15, 0.2) is 5.84 Å². The Kier molecular flexibility index (Phi) is 8.96. The summed E-state index contributed by atoms with van der Waals surface area (Å²) in [7, 11) is 0. The van der Waals surface area contributed by atoms with E-state index >= 15 is 0 Å². The molecule has 118 valence electrons. The van der Waals surface area contributed by atoms with Crippen molar-refractivity contribution in [3.8, 4) is 0 Å². The van der Waals surface area contributed by atoms with Crippen molar-refractivity contribution < 1.29 is 14.7 Å². The summed E-state index contributed by atoms with van der Waals surface area (Å²) in [5, 5.41) is 14.9. The number of hydrogen-bond donors (Lipinski definition) is 3. The normalized spacial score (nSPS) is 14.1. The highest BCUT2D eigenvalue weighted by molar-refractivity contribution is 6.06. The molecule has 0 aromatic rings. The number of carbonyl (C=O) groups is 1. The van der Waals surface area contributed by atoms with Gasteiger partial charge in [0.1, 0.15) is 5.41 Å². The summed E-state index contributed by atoms with van der Waals surface area (Å²) in [5.74, 6) is -0.203. The maximum atomic E-state index is 12.5. The van der Waals surface area contributed by atoms with Crippen LogP contribution in [-0.4, -0.2) is 36.2 Å². The predicted molar refractivity (Wildman–Crippen MR) is 79.8 cm³/mol. The lowest BCUT2D eigenvalue weighted by Gasteiger charge is -2.31. The van der Waals surface area contributed by atoms with Crippen molar-refractivity contribution in [3.05, 3.63) is 0 Å². The van der Waals surface area contributed by atoms with Crippen molar-refractivity contribution >= 4 is 11.7 Å². The molecule has 0 rings (SSSR count). The third kappa shape index (κ3) is 5.00. The van der Waals surface area contributed by atoms with Crippen molar-refractivity contribution in [2.24, 2.45) is 16.3 Å². The summed E-state index contributed by atoms with van der Waals surface area (Å²) in [6.45, 7) is 8.78. The van der Waals surface area contributed by atoms with Crippen LogP contribution in [0.5, 0.6) is 0 Å². The lowest BCUT2D eigenvalue weighted by atomic mass is 9.77. The number of nitrogens with two attached hydrogens (primary N) is 1. The summed E-state index contributed by atoms with van der Waals surface area (Å²) < 4.78 is 5.39. The molecule has 0 aliphatic rings. The molecule has 6 nitrogen and oxygen atoms in total. The minimum Gasteiger partial charge on any atom is -0.409 e. The third-order valence-electron chi connectivity index (χ3n) is 3.39. The van der Waals surface area contributed by atoms with Gasteiger partial charge >= 0.3 is 0 Å². The first-order valence-corrected chi connectivity index (χ1v) is 7.36. The number of carbonyl (C=O) groups excluding carboxylic acids is 1. The number of oxime groups is 1. The van der Waals surface area contributed by atoms with Crippen LogP contribution in [0.4, 0.5) is 0 Å². The molecule has 0 saturated heterocycles. The van der Waals surface area contributed by atoms with Gasteiger partial charge in [-0.15, -0.1) is 0 Å². The van der Waals surface area contributed by atoms with Gasteiger partial charge in [-0.3, -0.25) is 4.79 Å². The van der Waals surface area contributed by atoms with E-state index in [9.17, 15) is 4.79 Å². The van der Waals surface area contributed by atoms with E-state index < -0.39 is 5.41 Å². The molecule has 0 aliphatic carbocycles. The second-order valence-corrected chi connectivity index (χ2v) is 5.04. The summed E-state index contributed by atoms with van der Waals surface area (Å²) in [6.07, 6.45) is 2.63. The lowest BCUT2D eigenvalue weighted by molar-refractivity contribution is -0.129. The topological polar surface area (TPSA) is 96.9 Å². The largest absolute Gasteiger partial charge is 0.409 e. The second kappa shape index (κ2) is 9.58. The number of hydrogen-bond acceptors (Lipinski definition) is 4. The molecule has 0 fully saturated rings. The Morgan fingerprint density at radius 3 is 2.30 bits per heavy atom. The molecular weight excluding hydrogens is 258 g/mol. The minimum absolute atomic E-state index is 0.0113. The summed E-state index contributed by atoms with van der Waals surface area (Å²) in [5.41, 5.74) is 4.87. The van der Waals surface area contributed by atoms with Crippen LogP contribution in [0.25, 0.3) is 0 Å². The molecule has 4 N–H and O–H groups in total. The average molecular weight is 287 g/mol. The molecule has 0 aromatic carbocycles. The molecule has 0 aromatic heterocycles. The third-order valence-corrected chi connectivity index (χ3v) is 3.39. The van der Waals surface area contributed by atoms with E-state index in [2.05, 4.69) is 10.5 Å². The van der Waals surface area contributed by atoms with Crippen LogP contribution in [0.2, 0.25) is 0 Å². The SMILES string of the molecule is CCCC(CCC)(C(=O)NCC(C)OCC)C(N)=NO. The van der Waals surface area contributed by atoms with E-state index in [0.717, 1.165) is 12.8 Å². The summed E-state index contributed by atoms with van der Waals surface area (Å²) in [6, 6.07) is 0. The van der Waals surface area contributed by atoms with Crippen LogP contribution in [-0.2, 0) is 9.53 Å². The van der Waals surface area contributed by atoms with Crippen LogP contribution in [0.1, 0.15) is 53.4 Å². The smallest absolute Gasteiger partial charge is 0.234 e. The first-order valence-electron chi connectivity index (χ1n) is 7.36. The van der Waals surface area contributed by atoms with Crippen molar-refractivity contribution in [1.82, 2.24) is 5.32 Å². The summed E-state index contributed by atoms with van der Waals surface area (Å²) >= 11 is 0. The minimum atomic E-state index is -0.926. The highest BCUT2D eigenvalue weighted by Gasteiger charge is 2.41. The van der Waals surface area contributed by atoms with Crippen LogP contribution in [0.15, 0.2) is 5.16 Å². The van der Waals surface area contributed by atoms with Gasteiger partial charge in [-0.25, -0.2) is 0 Å². The van der Waals surface area contributed by atoms with Gasteiger partial charge < -0.3 is 21.0 Å². The van der Waals surface area contributed by atoms with E-state index in [4.69, 9.17) is 15.7 Å². The Labute approximate surface area is 121 Å². The second-order valence-electron chi connectivity index (χ2n) is 5.04. The quantitative estimate of drug-likeness (QED) is 0.247. The van der Waals surface area contributed by atoms with E-state index in [1.54, 1.807) is 0 Å². The molecule has 1 amide bonds. The Hall–Kier alpha value is -1.30. The highest BCUT2D eigenvalue weighted by Crippen LogP contribution is 2.30. The van der Waals surface area contributed by atoms with Gasteiger partial charge in [-0.05, 0) is 26.7 Å². The maximum Gasteiger partial charge on any atom is 0.234 e. The maximum absolute atomic E-state index is 12.5. The predicted octanol–water partition coefficient (Wildman–Crippen LogP) is 1.86. The van der Waals surface area contributed by atoms with Crippen LogP contribution >= 0.6 is 0 Å².